The summed E-state index contributed by atoms with van der Waals surface area (Å²) >= 11 is 0. The van der Waals surface area contributed by atoms with Crippen molar-refractivity contribution in [2.75, 3.05) is 11.9 Å². The van der Waals surface area contributed by atoms with Gasteiger partial charge in [-0.15, -0.1) is 0 Å². The molecule has 6 nitrogen and oxygen atoms in total. The molecule has 1 aliphatic heterocycles. The Balaban J connectivity index is 1.69. The fourth-order valence-corrected chi connectivity index (χ4v) is 4.13. The molecule has 0 saturated heterocycles. The van der Waals surface area contributed by atoms with Crippen LogP contribution >= 0.6 is 0 Å². The van der Waals surface area contributed by atoms with Crippen LogP contribution in [0, 0.1) is 5.92 Å². The lowest BCUT2D eigenvalue weighted by Gasteiger charge is -2.22. The van der Waals surface area contributed by atoms with Crippen LogP contribution in [0.25, 0.3) is 10.9 Å². The number of aromatic amines is 1. The topological polar surface area (TPSA) is 94.6 Å². The van der Waals surface area contributed by atoms with E-state index in [1.54, 1.807) is 0 Å². The summed E-state index contributed by atoms with van der Waals surface area (Å²) in [5.41, 5.74) is 4.32. The number of fused-ring (bicyclic) bond motifs is 3. The average molecular weight is 403 g/mol. The minimum absolute atomic E-state index is 0.107. The number of aryl methyl sites for hydroxylation is 1. The molecule has 3 unspecified atom stereocenters. The van der Waals surface area contributed by atoms with Gasteiger partial charge >= 0.3 is 5.97 Å². The molecule has 0 bridgehead atoms. The van der Waals surface area contributed by atoms with Crippen molar-refractivity contribution in [3.05, 3.63) is 65.4 Å². The van der Waals surface area contributed by atoms with Gasteiger partial charge in [0.15, 0.2) is 0 Å². The average Bonchev–Trinajstić information content (AvgIpc) is 3.01. The molecule has 3 atom stereocenters. The predicted molar refractivity (Wildman–Crippen MR) is 118 cm³/mol. The van der Waals surface area contributed by atoms with E-state index in [4.69, 9.17) is 0 Å². The summed E-state index contributed by atoms with van der Waals surface area (Å²) in [7, 11) is 0. The van der Waals surface area contributed by atoms with E-state index in [1.165, 1.54) is 11.8 Å². The van der Waals surface area contributed by atoms with E-state index in [0.717, 1.165) is 28.6 Å². The first-order valence-corrected chi connectivity index (χ1v) is 10.2. The van der Waals surface area contributed by atoms with Crippen molar-refractivity contribution in [3.63, 3.8) is 0 Å². The summed E-state index contributed by atoms with van der Waals surface area (Å²) in [5, 5.41) is 13.7. The number of aromatic nitrogens is 1. The van der Waals surface area contributed by atoms with Crippen LogP contribution < -0.4 is 5.32 Å². The first-order valence-electron chi connectivity index (χ1n) is 10.2. The second-order valence-electron chi connectivity index (χ2n) is 7.76. The first kappa shape index (κ1) is 19.9. The number of anilines is 1. The molecule has 2 heterocycles. The van der Waals surface area contributed by atoms with Crippen molar-refractivity contribution >= 4 is 34.7 Å². The first-order chi connectivity index (χ1) is 14.5. The number of nitrogens with one attached hydrogen (secondary N) is 2. The molecule has 0 aliphatic carbocycles. The SMILES string of the molecule is CCc1ccc(NC(=O)C(C)C2CN=CC(C(=O)O)c3[nH]c4ccccc4c32)cc1. The van der Waals surface area contributed by atoms with Crippen LogP contribution in [-0.4, -0.2) is 34.7 Å². The van der Waals surface area contributed by atoms with Gasteiger partial charge in [0.25, 0.3) is 0 Å². The van der Waals surface area contributed by atoms with Crippen LogP contribution in [0.1, 0.15) is 42.5 Å². The molecule has 1 aliphatic rings. The number of para-hydroxylation sites is 1. The third kappa shape index (κ3) is 3.61. The number of aliphatic carboxylic acids is 1. The smallest absolute Gasteiger partial charge is 0.318 e. The Morgan fingerprint density at radius 2 is 1.93 bits per heavy atom. The van der Waals surface area contributed by atoms with Gasteiger partial charge in [0.2, 0.25) is 5.91 Å². The number of carbonyl (C=O) groups excluding carboxylic acids is 1. The maximum atomic E-state index is 13.1. The van der Waals surface area contributed by atoms with Crippen molar-refractivity contribution in [3.8, 4) is 0 Å². The standard InChI is InChI=1S/C24H25N3O3/c1-3-15-8-10-16(11-9-15)26-23(28)14(2)18-12-25-13-19(24(29)30)22-21(18)17-6-4-5-7-20(17)27-22/h4-11,13-14,18-19,27H,3,12H2,1-2H3,(H,26,28)(H,29,30). The van der Waals surface area contributed by atoms with E-state index in [-0.39, 0.29) is 11.8 Å². The van der Waals surface area contributed by atoms with Gasteiger partial charge in [-0.05, 0) is 35.7 Å². The number of hydrogen-bond acceptors (Lipinski definition) is 3. The fraction of sp³-hybridized carbons (Fsp3) is 0.292. The largest absolute Gasteiger partial charge is 0.480 e. The number of H-pyrrole nitrogens is 1. The summed E-state index contributed by atoms with van der Waals surface area (Å²) in [5.74, 6) is -2.54. The zero-order valence-electron chi connectivity index (χ0n) is 17.1. The number of carbonyl (C=O) groups is 2. The van der Waals surface area contributed by atoms with Gasteiger partial charge in [0, 0.05) is 46.9 Å². The van der Waals surface area contributed by atoms with Gasteiger partial charge < -0.3 is 15.4 Å². The van der Waals surface area contributed by atoms with Gasteiger partial charge in [-0.3, -0.25) is 14.6 Å². The number of benzene rings is 2. The quantitative estimate of drug-likeness (QED) is 0.591. The Morgan fingerprint density at radius 1 is 1.20 bits per heavy atom. The number of amides is 1. The van der Waals surface area contributed by atoms with Crippen LogP contribution in [0.3, 0.4) is 0 Å². The molecule has 1 aromatic heterocycles. The summed E-state index contributed by atoms with van der Waals surface area (Å²) in [6.07, 6.45) is 2.42. The number of rotatable bonds is 5. The van der Waals surface area contributed by atoms with Crippen molar-refractivity contribution in [1.29, 1.82) is 0 Å². The molecule has 4 rings (SSSR count). The highest BCUT2D eigenvalue weighted by Gasteiger charge is 2.35. The van der Waals surface area contributed by atoms with Crippen LogP contribution in [-0.2, 0) is 16.0 Å². The summed E-state index contributed by atoms with van der Waals surface area (Å²) in [6, 6.07) is 15.6. The van der Waals surface area contributed by atoms with E-state index in [0.29, 0.717) is 12.2 Å². The van der Waals surface area contributed by atoms with Gasteiger partial charge in [0.05, 0.1) is 0 Å². The summed E-state index contributed by atoms with van der Waals surface area (Å²) in [6.45, 7) is 4.33. The molecule has 3 aromatic rings. The van der Waals surface area contributed by atoms with E-state index < -0.39 is 17.8 Å². The van der Waals surface area contributed by atoms with Crippen LogP contribution in [0.5, 0.6) is 0 Å². The number of aliphatic imine (C=N–C) groups is 1. The van der Waals surface area contributed by atoms with Crippen molar-refractivity contribution < 1.29 is 14.7 Å². The van der Waals surface area contributed by atoms with Crippen LogP contribution in [0.15, 0.2) is 53.5 Å². The second-order valence-corrected chi connectivity index (χ2v) is 7.76. The Hall–Kier alpha value is -3.41. The third-order valence-corrected chi connectivity index (χ3v) is 5.93. The zero-order valence-corrected chi connectivity index (χ0v) is 17.1. The number of carboxylic acids is 1. The number of nitrogens with zero attached hydrogens (tertiary/aromatic N) is 1. The zero-order chi connectivity index (χ0) is 21.3. The Bertz CT molecular complexity index is 1110. The summed E-state index contributed by atoms with van der Waals surface area (Å²) < 4.78 is 0. The molecular weight excluding hydrogens is 378 g/mol. The van der Waals surface area contributed by atoms with Gasteiger partial charge in [-0.25, -0.2) is 0 Å². The van der Waals surface area contributed by atoms with E-state index in [2.05, 4.69) is 22.2 Å². The molecule has 0 radical (unpaired) electrons. The highest BCUT2D eigenvalue weighted by atomic mass is 16.4. The molecular formula is C24H25N3O3. The van der Waals surface area contributed by atoms with Crippen molar-refractivity contribution in [1.82, 2.24) is 4.98 Å². The lowest BCUT2D eigenvalue weighted by Crippen LogP contribution is -2.27. The van der Waals surface area contributed by atoms with Gasteiger partial charge in [-0.2, -0.15) is 0 Å². The molecule has 154 valence electrons. The third-order valence-electron chi connectivity index (χ3n) is 5.93. The molecule has 3 N–H and O–H groups in total. The lowest BCUT2D eigenvalue weighted by atomic mass is 9.83. The van der Waals surface area contributed by atoms with E-state index >= 15 is 0 Å². The van der Waals surface area contributed by atoms with Crippen molar-refractivity contribution in [2.24, 2.45) is 10.9 Å². The Kier molecular flexibility index (Phi) is 5.40. The minimum atomic E-state index is -0.958. The predicted octanol–water partition coefficient (Wildman–Crippen LogP) is 4.34. The normalized spacial score (nSPS) is 19.1. The lowest BCUT2D eigenvalue weighted by molar-refractivity contribution is -0.137. The minimum Gasteiger partial charge on any atom is -0.480 e. The Labute approximate surface area is 175 Å². The van der Waals surface area contributed by atoms with Gasteiger partial charge in [-0.1, -0.05) is 44.2 Å². The number of hydrogen-bond donors (Lipinski definition) is 3. The monoisotopic (exact) mass is 403 g/mol. The number of carboxylic acid groups (broad SMARTS) is 1. The molecule has 2 aromatic carbocycles. The fourth-order valence-electron chi connectivity index (χ4n) is 4.13. The van der Waals surface area contributed by atoms with Crippen LogP contribution in [0.4, 0.5) is 5.69 Å². The van der Waals surface area contributed by atoms with Crippen LogP contribution in [0.2, 0.25) is 0 Å². The highest BCUT2D eigenvalue weighted by Crippen LogP contribution is 2.39. The maximum Gasteiger partial charge on any atom is 0.318 e. The molecule has 0 saturated carbocycles. The van der Waals surface area contributed by atoms with Crippen molar-refractivity contribution in [2.45, 2.75) is 32.1 Å². The van der Waals surface area contributed by atoms with E-state index in [9.17, 15) is 14.7 Å². The Morgan fingerprint density at radius 3 is 2.63 bits per heavy atom. The van der Waals surface area contributed by atoms with E-state index in [1.807, 2.05) is 55.5 Å². The van der Waals surface area contributed by atoms with Gasteiger partial charge in [0.1, 0.15) is 5.92 Å². The summed E-state index contributed by atoms with van der Waals surface area (Å²) in [4.78, 5) is 32.6. The molecule has 0 spiro atoms. The highest BCUT2D eigenvalue weighted by molar-refractivity contribution is 5.99. The molecule has 30 heavy (non-hydrogen) atoms. The molecule has 6 heteroatoms. The second kappa shape index (κ2) is 8.14. The molecule has 0 fully saturated rings. The molecule has 1 amide bonds. The maximum absolute atomic E-state index is 13.1.